The molecular formula is C11H18ClN5. The fraction of sp³-hybridized carbons (Fsp3) is 0.636. The lowest BCUT2D eigenvalue weighted by molar-refractivity contribution is 0.217. The van der Waals surface area contributed by atoms with Gasteiger partial charge in [0.1, 0.15) is 12.0 Å². The second-order valence-corrected chi connectivity index (χ2v) is 4.94. The molecule has 0 amide bonds. The summed E-state index contributed by atoms with van der Waals surface area (Å²) in [4.78, 5) is 10.3. The van der Waals surface area contributed by atoms with Crippen LogP contribution in [0.4, 0.5) is 11.5 Å². The highest BCUT2D eigenvalue weighted by molar-refractivity contribution is 6.32. The molecule has 1 saturated heterocycles. The number of piperidine rings is 1. The second kappa shape index (κ2) is 5.51. The maximum atomic E-state index is 5.83. The van der Waals surface area contributed by atoms with E-state index in [0.717, 1.165) is 13.1 Å². The van der Waals surface area contributed by atoms with Crippen LogP contribution in [0.3, 0.4) is 0 Å². The number of anilines is 2. The van der Waals surface area contributed by atoms with Crippen LogP contribution in [0, 0.1) is 5.92 Å². The molecule has 0 aliphatic carbocycles. The molecule has 17 heavy (non-hydrogen) atoms. The van der Waals surface area contributed by atoms with Crippen molar-refractivity contribution in [2.24, 2.45) is 5.92 Å². The first-order valence-corrected chi connectivity index (χ1v) is 6.23. The molecule has 0 saturated carbocycles. The molecule has 2 rings (SSSR count). The van der Waals surface area contributed by atoms with Crippen LogP contribution in [0.5, 0.6) is 0 Å². The smallest absolute Gasteiger partial charge is 0.157 e. The number of nitrogens with one attached hydrogen (secondary N) is 1. The zero-order chi connectivity index (χ0) is 12.3. The molecule has 5 nitrogen and oxygen atoms in total. The molecule has 0 bridgehead atoms. The Morgan fingerprint density at radius 3 is 3.18 bits per heavy atom. The van der Waals surface area contributed by atoms with Crippen molar-refractivity contribution >= 4 is 23.1 Å². The number of rotatable bonds is 3. The average Bonchev–Trinajstić information content (AvgIpc) is 2.31. The van der Waals surface area contributed by atoms with Gasteiger partial charge < -0.3 is 16.0 Å². The number of nitrogens with two attached hydrogens (primary N) is 1. The van der Waals surface area contributed by atoms with Crippen molar-refractivity contribution in [3.05, 3.63) is 11.5 Å². The molecule has 1 aliphatic rings. The number of nitrogen functional groups attached to an aromatic ring is 1. The number of hydrogen-bond donors (Lipinski definition) is 2. The largest absolute Gasteiger partial charge is 0.393 e. The molecule has 3 N–H and O–H groups in total. The molecule has 1 aromatic heterocycles. The molecule has 1 fully saturated rings. The average molecular weight is 256 g/mol. The molecule has 2 heterocycles. The summed E-state index contributed by atoms with van der Waals surface area (Å²) in [5, 5.41) is 3.57. The molecule has 0 spiro atoms. The van der Waals surface area contributed by atoms with E-state index in [0.29, 0.717) is 22.6 Å². The van der Waals surface area contributed by atoms with Crippen molar-refractivity contribution in [1.82, 2.24) is 14.9 Å². The van der Waals surface area contributed by atoms with Crippen LogP contribution in [0.15, 0.2) is 6.33 Å². The van der Waals surface area contributed by atoms with Crippen LogP contribution in [0.25, 0.3) is 0 Å². The van der Waals surface area contributed by atoms with Gasteiger partial charge in [0.15, 0.2) is 11.0 Å². The van der Waals surface area contributed by atoms with Gasteiger partial charge in [-0.05, 0) is 32.4 Å². The lowest BCUT2D eigenvalue weighted by Gasteiger charge is -2.29. The third kappa shape index (κ3) is 3.20. The highest BCUT2D eigenvalue weighted by atomic mass is 35.5. The minimum absolute atomic E-state index is 0.309. The molecule has 1 aromatic rings. The van der Waals surface area contributed by atoms with E-state index in [1.165, 1.54) is 25.7 Å². The summed E-state index contributed by atoms with van der Waals surface area (Å²) in [5.41, 5.74) is 6.22. The van der Waals surface area contributed by atoms with Crippen molar-refractivity contribution in [1.29, 1.82) is 0 Å². The third-order valence-corrected chi connectivity index (χ3v) is 3.42. The SMILES string of the molecule is CN1CCC[C@H](CNc2ncnc(Cl)c2N)C1. The summed E-state index contributed by atoms with van der Waals surface area (Å²) in [6, 6.07) is 0. The van der Waals surface area contributed by atoms with Gasteiger partial charge >= 0.3 is 0 Å². The van der Waals surface area contributed by atoms with Crippen molar-refractivity contribution < 1.29 is 0 Å². The maximum absolute atomic E-state index is 5.83. The van der Waals surface area contributed by atoms with E-state index in [2.05, 4.69) is 27.2 Å². The standard InChI is InChI=1S/C11H18ClN5/c1-17-4-2-3-8(6-17)5-14-11-9(13)10(12)15-7-16-11/h7-8H,2-6,13H2,1H3,(H,14,15,16)/t8-/m1/s1. The van der Waals surface area contributed by atoms with Crippen LogP contribution < -0.4 is 11.1 Å². The first-order valence-electron chi connectivity index (χ1n) is 5.85. The normalized spacial score (nSPS) is 21.4. The van der Waals surface area contributed by atoms with Crippen molar-refractivity contribution in [2.75, 3.05) is 37.7 Å². The quantitative estimate of drug-likeness (QED) is 0.801. The fourth-order valence-electron chi connectivity index (χ4n) is 2.20. The van der Waals surface area contributed by atoms with E-state index in [4.69, 9.17) is 17.3 Å². The number of aromatic nitrogens is 2. The molecule has 0 radical (unpaired) electrons. The molecule has 1 aliphatic heterocycles. The van der Waals surface area contributed by atoms with E-state index < -0.39 is 0 Å². The molecule has 0 unspecified atom stereocenters. The summed E-state index contributed by atoms with van der Waals surface area (Å²) in [6.45, 7) is 3.19. The number of nitrogens with zero attached hydrogens (tertiary/aromatic N) is 3. The summed E-state index contributed by atoms with van der Waals surface area (Å²) < 4.78 is 0. The first kappa shape index (κ1) is 12.4. The van der Waals surface area contributed by atoms with Gasteiger partial charge in [0.25, 0.3) is 0 Å². The molecular weight excluding hydrogens is 238 g/mol. The van der Waals surface area contributed by atoms with E-state index in [-0.39, 0.29) is 0 Å². The Balaban J connectivity index is 1.91. The Morgan fingerprint density at radius 2 is 2.41 bits per heavy atom. The zero-order valence-electron chi connectivity index (χ0n) is 9.99. The first-order chi connectivity index (χ1) is 8.16. The van der Waals surface area contributed by atoms with Gasteiger partial charge in [-0.15, -0.1) is 0 Å². The van der Waals surface area contributed by atoms with Crippen LogP contribution in [-0.2, 0) is 0 Å². The number of hydrogen-bond acceptors (Lipinski definition) is 5. The minimum Gasteiger partial charge on any atom is -0.393 e. The van der Waals surface area contributed by atoms with Crippen LogP contribution in [0.2, 0.25) is 5.15 Å². The minimum atomic E-state index is 0.309. The second-order valence-electron chi connectivity index (χ2n) is 4.58. The summed E-state index contributed by atoms with van der Waals surface area (Å²) in [7, 11) is 2.15. The number of likely N-dealkylation sites (tertiary alicyclic amines) is 1. The van der Waals surface area contributed by atoms with Gasteiger partial charge in [0.05, 0.1) is 0 Å². The molecule has 1 atom stereocenters. The van der Waals surface area contributed by atoms with E-state index >= 15 is 0 Å². The zero-order valence-corrected chi connectivity index (χ0v) is 10.7. The van der Waals surface area contributed by atoms with Gasteiger partial charge in [-0.2, -0.15) is 0 Å². The summed E-state index contributed by atoms with van der Waals surface area (Å²) in [6.07, 6.45) is 3.92. The summed E-state index contributed by atoms with van der Waals surface area (Å²) >= 11 is 5.83. The highest BCUT2D eigenvalue weighted by Gasteiger charge is 2.17. The van der Waals surface area contributed by atoms with E-state index in [9.17, 15) is 0 Å². The van der Waals surface area contributed by atoms with E-state index in [1.54, 1.807) is 0 Å². The van der Waals surface area contributed by atoms with Gasteiger partial charge in [-0.3, -0.25) is 0 Å². The Morgan fingerprint density at radius 1 is 1.59 bits per heavy atom. The fourth-order valence-corrected chi connectivity index (χ4v) is 2.33. The van der Waals surface area contributed by atoms with Crippen molar-refractivity contribution in [2.45, 2.75) is 12.8 Å². The maximum Gasteiger partial charge on any atom is 0.157 e. The third-order valence-electron chi connectivity index (χ3n) is 3.12. The van der Waals surface area contributed by atoms with Crippen LogP contribution in [-0.4, -0.2) is 41.5 Å². The summed E-state index contributed by atoms with van der Waals surface area (Å²) in [5.74, 6) is 1.28. The number of halogens is 1. The van der Waals surface area contributed by atoms with Crippen molar-refractivity contribution in [3.8, 4) is 0 Å². The predicted octanol–water partition coefficient (Wildman–Crippen LogP) is 1.47. The van der Waals surface area contributed by atoms with Crippen LogP contribution in [0.1, 0.15) is 12.8 Å². The Labute approximate surface area is 106 Å². The molecule has 94 valence electrons. The van der Waals surface area contributed by atoms with Crippen LogP contribution >= 0.6 is 11.6 Å². The lowest BCUT2D eigenvalue weighted by Crippen LogP contribution is -2.35. The van der Waals surface area contributed by atoms with Gasteiger partial charge in [0.2, 0.25) is 0 Å². The molecule has 0 aromatic carbocycles. The van der Waals surface area contributed by atoms with Gasteiger partial charge in [-0.25, -0.2) is 9.97 Å². The monoisotopic (exact) mass is 255 g/mol. The predicted molar refractivity (Wildman–Crippen MR) is 70.2 cm³/mol. The Hall–Kier alpha value is -1.07. The molecule has 6 heteroatoms. The van der Waals surface area contributed by atoms with Gasteiger partial charge in [-0.1, -0.05) is 11.6 Å². The van der Waals surface area contributed by atoms with Gasteiger partial charge in [0, 0.05) is 13.1 Å². The lowest BCUT2D eigenvalue weighted by atomic mass is 9.98. The topological polar surface area (TPSA) is 67.1 Å². The van der Waals surface area contributed by atoms with E-state index in [1.807, 2.05) is 0 Å². The van der Waals surface area contributed by atoms with Crippen molar-refractivity contribution in [3.63, 3.8) is 0 Å². The highest BCUT2D eigenvalue weighted by Crippen LogP contribution is 2.23. The Bertz CT molecular complexity index is 384. The Kier molecular flexibility index (Phi) is 4.02.